The maximum absolute atomic E-state index is 12.5. The first-order valence-corrected chi connectivity index (χ1v) is 10.1. The molecule has 25 heavy (non-hydrogen) atoms. The lowest BCUT2D eigenvalue weighted by atomic mass is 9.88. The van der Waals surface area contributed by atoms with Crippen LogP contribution in [0.1, 0.15) is 67.8 Å². The van der Waals surface area contributed by atoms with Crippen molar-refractivity contribution in [2.24, 2.45) is 13.0 Å². The number of aromatic amines is 1. The molecule has 1 N–H and O–H groups in total. The second-order valence-corrected chi connectivity index (χ2v) is 8.30. The van der Waals surface area contributed by atoms with E-state index in [2.05, 4.69) is 9.88 Å². The fourth-order valence-corrected chi connectivity index (χ4v) is 4.98. The number of aromatic nitrogens is 3. The predicted octanol–water partition coefficient (Wildman–Crippen LogP) is 3.08. The SMILES string of the molecule is Cn1nc([C@@H]2CCCCN2CC2CC2)c2c3c(c(=O)[nH]c21)CCCC3. The van der Waals surface area contributed by atoms with Crippen molar-refractivity contribution in [3.05, 3.63) is 27.2 Å². The predicted molar refractivity (Wildman–Crippen MR) is 98.9 cm³/mol. The van der Waals surface area contributed by atoms with Crippen LogP contribution in [-0.2, 0) is 19.9 Å². The van der Waals surface area contributed by atoms with Crippen molar-refractivity contribution in [3.8, 4) is 0 Å². The third-order valence-corrected chi connectivity index (χ3v) is 6.47. The number of nitrogens with one attached hydrogen (secondary N) is 1. The smallest absolute Gasteiger partial charge is 0.253 e. The van der Waals surface area contributed by atoms with E-state index in [-0.39, 0.29) is 5.56 Å². The van der Waals surface area contributed by atoms with Gasteiger partial charge in [-0.3, -0.25) is 14.4 Å². The molecule has 0 radical (unpaired) electrons. The summed E-state index contributed by atoms with van der Waals surface area (Å²) in [6, 6.07) is 0.426. The molecule has 1 saturated carbocycles. The number of fused-ring (bicyclic) bond motifs is 3. The molecule has 5 rings (SSSR count). The zero-order valence-corrected chi connectivity index (χ0v) is 15.2. The summed E-state index contributed by atoms with van der Waals surface area (Å²) in [5.74, 6) is 0.907. The summed E-state index contributed by atoms with van der Waals surface area (Å²) >= 11 is 0. The Balaban J connectivity index is 1.66. The second kappa shape index (κ2) is 5.97. The maximum atomic E-state index is 12.5. The molecule has 134 valence electrons. The van der Waals surface area contributed by atoms with Gasteiger partial charge in [-0.05, 0) is 69.4 Å². The topological polar surface area (TPSA) is 53.9 Å². The fourth-order valence-electron chi connectivity index (χ4n) is 4.98. The molecule has 2 aliphatic carbocycles. The Labute approximate surface area is 148 Å². The maximum Gasteiger partial charge on any atom is 0.253 e. The van der Waals surface area contributed by atoms with Crippen molar-refractivity contribution in [1.29, 1.82) is 0 Å². The van der Waals surface area contributed by atoms with Gasteiger partial charge in [0, 0.05) is 24.5 Å². The minimum Gasteiger partial charge on any atom is -0.307 e. The van der Waals surface area contributed by atoms with Gasteiger partial charge in [0.1, 0.15) is 5.65 Å². The first kappa shape index (κ1) is 15.6. The quantitative estimate of drug-likeness (QED) is 0.934. The van der Waals surface area contributed by atoms with Crippen LogP contribution in [0.25, 0.3) is 11.0 Å². The van der Waals surface area contributed by atoms with Crippen LogP contribution >= 0.6 is 0 Å². The Morgan fingerprint density at radius 1 is 1.08 bits per heavy atom. The zero-order chi connectivity index (χ0) is 17.0. The first-order valence-electron chi connectivity index (χ1n) is 10.1. The Bertz CT molecular complexity index is 861. The van der Waals surface area contributed by atoms with Crippen molar-refractivity contribution in [2.45, 2.75) is 63.8 Å². The summed E-state index contributed by atoms with van der Waals surface area (Å²) in [4.78, 5) is 18.4. The van der Waals surface area contributed by atoms with Crippen LogP contribution in [0.4, 0.5) is 0 Å². The average molecular weight is 340 g/mol. The number of rotatable bonds is 3. The van der Waals surface area contributed by atoms with Gasteiger partial charge >= 0.3 is 0 Å². The van der Waals surface area contributed by atoms with E-state index in [1.165, 1.54) is 68.3 Å². The molecule has 0 spiro atoms. The van der Waals surface area contributed by atoms with Crippen molar-refractivity contribution in [3.63, 3.8) is 0 Å². The number of hydrogen-bond donors (Lipinski definition) is 1. The number of piperidine rings is 1. The van der Waals surface area contributed by atoms with E-state index >= 15 is 0 Å². The van der Waals surface area contributed by atoms with E-state index in [0.717, 1.165) is 36.4 Å². The third-order valence-electron chi connectivity index (χ3n) is 6.47. The van der Waals surface area contributed by atoms with Gasteiger partial charge in [-0.2, -0.15) is 5.10 Å². The third kappa shape index (κ3) is 2.64. The molecule has 3 heterocycles. The highest BCUT2D eigenvalue weighted by atomic mass is 16.1. The molecule has 3 aliphatic rings. The lowest BCUT2D eigenvalue weighted by Crippen LogP contribution is -2.35. The Kier molecular flexibility index (Phi) is 3.73. The van der Waals surface area contributed by atoms with Gasteiger partial charge in [0.05, 0.1) is 11.7 Å². The number of likely N-dealkylation sites (tertiary alicyclic amines) is 1. The van der Waals surface area contributed by atoms with Crippen molar-refractivity contribution in [2.75, 3.05) is 13.1 Å². The van der Waals surface area contributed by atoms with Gasteiger partial charge in [0.15, 0.2) is 0 Å². The molecule has 0 unspecified atom stereocenters. The van der Waals surface area contributed by atoms with Gasteiger partial charge in [0.2, 0.25) is 0 Å². The summed E-state index contributed by atoms with van der Waals surface area (Å²) < 4.78 is 1.91. The van der Waals surface area contributed by atoms with E-state index in [4.69, 9.17) is 5.10 Å². The molecule has 5 heteroatoms. The summed E-state index contributed by atoms with van der Waals surface area (Å²) in [5, 5.41) is 6.21. The van der Waals surface area contributed by atoms with Crippen molar-refractivity contribution in [1.82, 2.24) is 19.7 Å². The van der Waals surface area contributed by atoms with Crippen molar-refractivity contribution >= 4 is 11.0 Å². The summed E-state index contributed by atoms with van der Waals surface area (Å²) in [5.41, 5.74) is 4.59. The first-order chi connectivity index (χ1) is 12.2. The molecule has 0 amide bonds. The normalized spacial score (nSPS) is 24.6. The van der Waals surface area contributed by atoms with E-state index in [0.29, 0.717) is 6.04 Å². The number of nitrogens with zero attached hydrogens (tertiary/aromatic N) is 3. The van der Waals surface area contributed by atoms with Crippen LogP contribution in [0, 0.1) is 5.92 Å². The summed E-state index contributed by atoms with van der Waals surface area (Å²) in [6.45, 7) is 2.43. The molecule has 0 aromatic carbocycles. The zero-order valence-electron chi connectivity index (χ0n) is 15.2. The Hall–Kier alpha value is -1.62. The summed E-state index contributed by atoms with van der Waals surface area (Å²) in [6.07, 6.45) is 10.9. The molecule has 1 atom stereocenters. The molecule has 1 saturated heterocycles. The second-order valence-electron chi connectivity index (χ2n) is 8.30. The lowest BCUT2D eigenvalue weighted by Gasteiger charge is -2.35. The fraction of sp³-hybridized carbons (Fsp3) is 0.700. The molecule has 5 nitrogen and oxygen atoms in total. The summed E-state index contributed by atoms with van der Waals surface area (Å²) in [7, 11) is 1.98. The molecule has 2 fully saturated rings. The van der Waals surface area contributed by atoms with E-state index in [9.17, 15) is 4.79 Å². The Morgan fingerprint density at radius 2 is 1.88 bits per heavy atom. The van der Waals surface area contributed by atoms with Gasteiger partial charge in [-0.1, -0.05) is 6.42 Å². The molecular weight excluding hydrogens is 312 g/mol. The molecule has 2 aromatic rings. The number of aryl methyl sites for hydroxylation is 2. The Morgan fingerprint density at radius 3 is 2.68 bits per heavy atom. The highest BCUT2D eigenvalue weighted by Gasteiger charge is 2.34. The monoisotopic (exact) mass is 340 g/mol. The standard InChI is InChI=1S/C20H28N4O/c1-23-19-17(14-6-2-3-7-15(14)20(25)21-19)18(22-23)16-8-4-5-11-24(16)12-13-9-10-13/h13,16H,2-12H2,1H3,(H,21,25)/t16-/m0/s1. The van der Waals surface area contributed by atoms with Crippen LogP contribution in [0.3, 0.4) is 0 Å². The van der Waals surface area contributed by atoms with Crippen LogP contribution in [0.5, 0.6) is 0 Å². The van der Waals surface area contributed by atoms with Gasteiger partial charge in [-0.15, -0.1) is 0 Å². The van der Waals surface area contributed by atoms with Crippen LogP contribution in [0.2, 0.25) is 0 Å². The van der Waals surface area contributed by atoms with E-state index < -0.39 is 0 Å². The molecule has 0 bridgehead atoms. The van der Waals surface area contributed by atoms with Gasteiger partial charge in [0.25, 0.3) is 5.56 Å². The average Bonchev–Trinajstić information content (AvgIpc) is 3.39. The molecule has 2 aromatic heterocycles. The van der Waals surface area contributed by atoms with E-state index in [1.807, 2.05) is 11.7 Å². The minimum absolute atomic E-state index is 0.107. The minimum atomic E-state index is 0.107. The molecule has 1 aliphatic heterocycles. The van der Waals surface area contributed by atoms with Crippen LogP contribution in [-0.4, -0.2) is 32.8 Å². The number of hydrogen-bond acceptors (Lipinski definition) is 3. The largest absolute Gasteiger partial charge is 0.307 e. The van der Waals surface area contributed by atoms with Crippen molar-refractivity contribution < 1.29 is 0 Å². The molecular formula is C20H28N4O. The van der Waals surface area contributed by atoms with Crippen LogP contribution < -0.4 is 5.56 Å². The van der Waals surface area contributed by atoms with Crippen LogP contribution in [0.15, 0.2) is 4.79 Å². The number of H-pyrrole nitrogens is 1. The van der Waals surface area contributed by atoms with E-state index in [1.54, 1.807) is 0 Å². The lowest BCUT2D eigenvalue weighted by molar-refractivity contribution is 0.139. The van der Waals surface area contributed by atoms with Gasteiger partial charge < -0.3 is 4.98 Å². The number of pyridine rings is 1. The highest BCUT2D eigenvalue weighted by molar-refractivity contribution is 5.84. The van der Waals surface area contributed by atoms with Gasteiger partial charge in [-0.25, -0.2) is 0 Å². The highest BCUT2D eigenvalue weighted by Crippen LogP contribution is 2.39.